The number of unbranched alkanes of at least 4 members (excludes halogenated alkanes) is 1. The molecular formula is C25H27ClN2O6. The van der Waals surface area contributed by atoms with Crippen molar-refractivity contribution in [2.75, 3.05) is 30.0 Å². The Morgan fingerprint density at radius 1 is 1.12 bits per heavy atom. The van der Waals surface area contributed by atoms with E-state index in [1.54, 1.807) is 36.4 Å². The summed E-state index contributed by atoms with van der Waals surface area (Å²) < 4.78 is 10.3. The summed E-state index contributed by atoms with van der Waals surface area (Å²) in [7, 11) is 0. The fourth-order valence-electron chi connectivity index (χ4n) is 3.40. The van der Waals surface area contributed by atoms with Crippen molar-refractivity contribution < 1.29 is 28.7 Å². The van der Waals surface area contributed by atoms with Gasteiger partial charge in [-0.1, -0.05) is 31.0 Å². The van der Waals surface area contributed by atoms with Crippen LogP contribution in [0, 0.1) is 12.8 Å². The number of halogens is 1. The van der Waals surface area contributed by atoms with Crippen LogP contribution in [-0.4, -0.2) is 43.5 Å². The van der Waals surface area contributed by atoms with E-state index >= 15 is 0 Å². The lowest BCUT2D eigenvalue weighted by molar-refractivity contribution is -0.151. The van der Waals surface area contributed by atoms with Gasteiger partial charge in [-0.2, -0.15) is 0 Å². The molecule has 1 atom stereocenters. The molecule has 0 aromatic heterocycles. The van der Waals surface area contributed by atoms with E-state index in [4.69, 9.17) is 21.1 Å². The number of amides is 2. The Hall–Kier alpha value is -3.39. The number of nitrogens with one attached hydrogen (secondary N) is 1. The van der Waals surface area contributed by atoms with Crippen LogP contribution in [0.25, 0.3) is 0 Å². The van der Waals surface area contributed by atoms with Gasteiger partial charge in [-0.3, -0.25) is 14.4 Å². The maximum absolute atomic E-state index is 12.4. The molecule has 180 valence electrons. The minimum atomic E-state index is -0.668. The molecule has 1 N–H and O–H groups in total. The van der Waals surface area contributed by atoms with Crippen molar-refractivity contribution in [3.63, 3.8) is 0 Å². The molecule has 8 nitrogen and oxygen atoms in total. The first-order chi connectivity index (χ1) is 16.3. The highest BCUT2D eigenvalue weighted by atomic mass is 35.5. The highest BCUT2D eigenvalue weighted by molar-refractivity contribution is 6.31. The summed E-state index contributed by atoms with van der Waals surface area (Å²) in [4.78, 5) is 50.4. The Labute approximate surface area is 203 Å². The Balaban J connectivity index is 1.46. The van der Waals surface area contributed by atoms with Crippen LogP contribution in [0.2, 0.25) is 5.02 Å². The van der Waals surface area contributed by atoms with Crippen molar-refractivity contribution in [1.82, 2.24) is 0 Å². The number of benzene rings is 2. The van der Waals surface area contributed by atoms with E-state index < -0.39 is 30.4 Å². The fraction of sp³-hybridized carbons (Fsp3) is 0.360. The maximum atomic E-state index is 12.4. The smallest absolute Gasteiger partial charge is 0.338 e. The SMILES string of the molecule is CCCCOC(=O)c1ccc(NC(=O)COC(=O)[C@@H]2CC(=O)N(c3ccc(C)c(Cl)c3)C2)cc1. The number of hydrogen-bond acceptors (Lipinski definition) is 6. The van der Waals surface area contributed by atoms with Crippen LogP contribution in [-0.2, 0) is 23.9 Å². The Morgan fingerprint density at radius 3 is 2.53 bits per heavy atom. The molecule has 3 rings (SSSR count). The summed E-state index contributed by atoms with van der Waals surface area (Å²) in [6.45, 7) is 3.91. The van der Waals surface area contributed by atoms with E-state index in [1.165, 1.54) is 4.90 Å². The first kappa shape index (κ1) is 25.2. The normalized spacial score (nSPS) is 15.2. The van der Waals surface area contributed by atoms with Gasteiger partial charge in [-0.25, -0.2) is 4.79 Å². The van der Waals surface area contributed by atoms with Crippen molar-refractivity contribution in [2.24, 2.45) is 5.92 Å². The molecule has 1 saturated heterocycles. The number of nitrogens with zero attached hydrogens (tertiary/aromatic N) is 1. The van der Waals surface area contributed by atoms with Crippen LogP contribution in [0.3, 0.4) is 0 Å². The summed E-state index contributed by atoms with van der Waals surface area (Å²) in [6, 6.07) is 11.5. The van der Waals surface area contributed by atoms with Gasteiger partial charge in [0.25, 0.3) is 5.91 Å². The second kappa shape index (κ2) is 11.7. The van der Waals surface area contributed by atoms with Crippen LogP contribution < -0.4 is 10.2 Å². The number of carbonyl (C=O) groups excluding carboxylic acids is 4. The average molecular weight is 487 g/mol. The van der Waals surface area contributed by atoms with Gasteiger partial charge in [0.2, 0.25) is 5.91 Å². The third-order valence-electron chi connectivity index (χ3n) is 5.41. The second-order valence-corrected chi connectivity index (χ2v) is 8.47. The van der Waals surface area contributed by atoms with Gasteiger partial charge in [0.1, 0.15) is 0 Å². The molecule has 0 radical (unpaired) electrons. The molecule has 1 aliphatic rings. The van der Waals surface area contributed by atoms with Gasteiger partial charge >= 0.3 is 11.9 Å². The molecule has 0 saturated carbocycles. The van der Waals surface area contributed by atoms with Crippen LogP contribution >= 0.6 is 11.6 Å². The predicted molar refractivity (Wildman–Crippen MR) is 128 cm³/mol. The quantitative estimate of drug-likeness (QED) is 0.422. The molecule has 0 aliphatic carbocycles. The first-order valence-corrected chi connectivity index (χ1v) is 11.5. The van der Waals surface area contributed by atoms with Crippen molar-refractivity contribution in [3.05, 3.63) is 58.6 Å². The molecule has 1 heterocycles. The summed E-state index contributed by atoms with van der Waals surface area (Å²) in [5, 5.41) is 3.14. The Kier molecular flexibility index (Phi) is 8.65. The zero-order valence-electron chi connectivity index (χ0n) is 19.1. The van der Waals surface area contributed by atoms with Crippen LogP contribution in [0.4, 0.5) is 11.4 Å². The first-order valence-electron chi connectivity index (χ1n) is 11.1. The van der Waals surface area contributed by atoms with E-state index in [9.17, 15) is 19.2 Å². The molecule has 9 heteroatoms. The Bertz CT molecular complexity index is 1070. The van der Waals surface area contributed by atoms with Gasteiger partial charge in [0.05, 0.1) is 18.1 Å². The summed E-state index contributed by atoms with van der Waals surface area (Å²) >= 11 is 6.14. The van der Waals surface area contributed by atoms with Crippen molar-refractivity contribution in [3.8, 4) is 0 Å². The van der Waals surface area contributed by atoms with Gasteiger partial charge in [-0.15, -0.1) is 0 Å². The number of carbonyl (C=O) groups is 4. The number of hydrogen-bond donors (Lipinski definition) is 1. The number of rotatable bonds is 9. The Morgan fingerprint density at radius 2 is 1.85 bits per heavy atom. The number of anilines is 2. The molecular weight excluding hydrogens is 460 g/mol. The average Bonchev–Trinajstić information content (AvgIpc) is 3.21. The molecule has 2 amide bonds. The van der Waals surface area contributed by atoms with Crippen molar-refractivity contribution in [1.29, 1.82) is 0 Å². The second-order valence-electron chi connectivity index (χ2n) is 8.06. The van der Waals surface area contributed by atoms with Gasteiger partial charge in [-0.05, 0) is 55.3 Å². The molecule has 1 fully saturated rings. The lowest BCUT2D eigenvalue weighted by Gasteiger charge is -2.17. The van der Waals surface area contributed by atoms with Gasteiger partial charge in [0, 0.05) is 29.4 Å². The number of ether oxygens (including phenoxy) is 2. The van der Waals surface area contributed by atoms with Gasteiger partial charge < -0.3 is 19.7 Å². The third-order valence-corrected chi connectivity index (χ3v) is 5.81. The lowest BCUT2D eigenvalue weighted by atomic mass is 10.1. The van der Waals surface area contributed by atoms with E-state index in [0.29, 0.717) is 28.6 Å². The monoisotopic (exact) mass is 486 g/mol. The maximum Gasteiger partial charge on any atom is 0.338 e. The highest BCUT2D eigenvalue weighted by Crippen LogP contribution is 2.29. The van der Waals surface area contributed by atoms with E-state index in [-0.39, 0.29) is 18.9 Å². The van der Waals surface area contributed by atoms with Gasteiger partial charge in [0.15, 0.2) is 6.61 Å². The zero-order valence-corrected chi connectivity index (χ0v) is 19.9. The summed E-state index contributed by atoms with van der Waals surface area (Å²) in [5.74, 6) is -2.45. The zero-order chi connectivity index (χ0) is 24.7. The molecule has 0 bridgehead atoms. The molecule has 2 aromatic rings. The summed E-state index contributed by atoms with van der Waals surface area (Å²) in [5.41, 5.74) is 2.34. The lowest BCUT2D eigenvalue weighted by Crippen LogP contribution is -2.28. The molecule has 0 unspecified atom stereocenters. The largest absolute Gasteiger partial charge is 0.462 e. The van der Waals surface area contributed by atoms with Crippen LogP contribution in [0.15, 0.2) is 42.5 Å². The number of esters is 2. The van der Waals surface area contributed by atoms with E-state index in [0.717, 1.165) is 18.4 Å². The minimum Gasteiger partial charge on any atom is -0.462 e. The number of aryl methyl sites for hydroxylation is 1. The fourth-order valence-corrected chi connectivity index (χ4v) is 3.57. The topological polar surface area (TPSA) is 102 Å². The van der Waals surface area contributed by atoms with E-state index in [2.05, 4.69) is 5.32 Å². The molecule has 0 spiro atoms. The molecule has 2 aromatic carbocycles. The third kappa shape index (κ3) is 6.57. The van der Waals surface area contributed by atoms with Crippen molar-refractivity contribution >= 4 is 46.7 Å². The standard InChI is InChI=1S/C25H27ClN2O6/c1-3-4-11-33-24(31)17-6-8-19(9-7-17)27-22(29)15-34-25(32)18-12-23(30)28(14-18)20-10-5-16(2)21(26)13-20/h5-10,13,18H,3-4,11-12,14-15H2,1-2H3,(H,27,29)/t18-/m1/s1. The highest BCUT2D eigenvalue weighted by Gasteiger charge is 2.36. The van der Waals surface area contributed by atoms with Crippen LogP contribution in [0.5, 0.6) is 0 Å². The predicted octanol–water partition coefficient (Wildman–Crippen LogP) is 4.14. The van der Waals surface area contributed by atoms with Crippen LogP contribution in [0.1, 0.15) is 42.1 Å². The molecule has 34 heavy (non-hydrogen) atoms. The van der Waals surface area contributed by atoms with E-state index in [1.807, 2.05) is 19.9 Å². The summed E-state index contributed by atoms with van der Waals surface area (Å²) in [6.07, 6.45) is 1.73. The minimum absolute atomic E-state index is 0.00175. The van der Waals surface area contributed by atoms with Crippen molar-refractivity contribution in [2.45, 2.75) is 33.1 Å². The molecule has 1 aliphatic heterocycles.